The van der Waals surface area contributed by atoms with Gasteiger partial charge < -0.3 is 20.5 Å². The van der Waals surface area contributed by atoms with E-state index in [-0.39, 0.29) is 29.2 Å². The van der Waals surface area contributed by atoms with Crippen LogP contribution in [0.1, 0.15) is 34.8 Å². The number of para-hydroxylation sites is 1. The van der Waals surface area contributed by atoms with Crippen molar-refractivity contribution in [1.82, 2.24) is 24.7 Å². The van der Waals surface area contributed by atoms with Gasteiger partial charge in [0, 0.05) is 61.0 Å². The van der Waals surface area contributed by atoms with Gasteiger partial charge in [0.2, 0.25) is 0 Å². The quantitative estimate of drug-likeness (QED) is 0.199. The molecular formula is C30H29F2N7O3. The highest BCUT2D eigenvalue weighted by molar-refractivity contribution is 5.99. The molecule has 0 aliphatic heterocycles. The first-order valence-electron chi connectivity index (χ1n) is 13.3. The summed E-state index contributed by atoms with van der Waals surface area (Å²) in [6, 6.07) is 11.3. The Morgan fingerprint density at radius 3 is 2.64 bits per heavy atom. The number of halogens is 2. The molecule has 5 aromatic rings. The van der Waals surface area contributed by atoms with Crippen LogP contribution >= 0.6 is 0 Å². The topological polar surface area (TPSA) is 130 Å². The second-order valence-electron chi connectivity index (χ2n) is 9.40. The Morgan fingerprint density at radius 2 is 1.90 bits per heavy atom. The van der Waals surface area contributed by atoms with Gasteiger partial charge in [-0.25, -0.2) is 18.7 Å². The van der Waals surface area contributed by atoms with E-state index >= 15 is 0 Å². The Bertz CT molecular complexity index is 1720. The Balaban J connectivity index is 1.57. The molecule has 2 aromatic carbocycles. The third-order valence-electron chi connectivity index (χ3n) is 6.60. The molecule has 3 N–H and O–H groups in total. The van der Waals surface area contributed by atoms with E-state index in [1.165, 1.54) is 17.1 Å². The van der Waals surface area contributed by atoms with Gasteiger partial charge in [-0.05, 0) is 31.9 Å². The number of fused-ring (bicyclic) bond motifs is 1. The number of primary amides is 1. The van der Waals surface area contributed by atoms with Crippen LogP contribution in [0.15, 0.2) is 61.1 Å². The van der Waals surface area contributed by atoms with E-state index < -0.39 is 17.5 Å². The van der Waals surface area contributed by atoms with Crippen LogP contribution in [0, 0.1) is 11.6 Å². The van der Waals surface area contributed by atoms with Crippen molar-refractivity contribution in [2.45, 2.75) is 26.3 Å². The average Bonchev–Trinajstić information content (AvgIpc) is 3.34. The number of aromatic nitrogens is 5. The van der Waals surface area contributed by atoms with Crippen LogP contribution in [0.4, 0.5) is 20.3 Å². The van der Waals surface area contributed by atoms with Gasteiger partial charge >= 0.3 is 0 Å². The van der Waals surface area contributed by atoms with Gasteiger partial charge in [0.15, 0.2) is 5.82 Å². The molecule has 0 radical (unpaired) electrons. The van der Waals surface area contributed by atoms with Gasteiger partial charge in [-0.1, -0.05) is 18.2 Å². The monoisotopic (exact) mass is 573 g/mol. The number of hydrogen-bond donors (Lipinski definition) is 2. The van der Waals surface area contributed by atoms with Crippen molar-refractivity contribution in [1.29, 1.82) is 0 Å². The van der Waals surface area contributed by atoms with Gasteiger partial charge in [0.25, 0.3) is 5.91 Å². The van der Waals surface area contributed by atoms with E-state index in [9.17, 15) is 13.6 Å². The number of rotatable bonds is 12. The number of nitrogens with one attached hydrogen (secondary N) is 1. The highest BCUT2D eigenvalue weighted by Crippen LogP contribution is 2.30. The number of anilines is 2. The molecule has 1 amide bonds. The van der Waals surface area contributed by atoms with Crippen LogP contribution < -0.4 is 15.8 Å². The predicted molar refractivity (Wildman–Crippen MR) is 154 cm³/mol. The molecule has 0 atom stereocenters. The molecule has 0 spiro atoms. The lowest BCUT2D eigenvalue weighted by Gasteiger charge is -2.13. The van der Waals surface area contributed by atoms with Gasteiger partial charge in [0.05, 0.1) is 29.9 Å². The Labute approximate surface area is 240 Å². The number of carbonyl (C=O) groups excluding carboxylic acids is 1. The zero-order valence-corrected chi connectivity index (χ0v) is 23.1. The lowest BCUT2D eigenvalue weighted by Crippen LogP contribution is -2.14. The summed E-state index contributed by atoms with van der Waals surface area (Å²) in [4.78, 5) is 25.4. The number of amides is 1. The zero-order chi connectivity index (χ0) is 29.6. The maximum atomic E-state index is 14.9. The minimum absolute atomic E-state index is 0.120. The lowest BCUT2D eigenvalue weighted by molar-refractivity contribution is 0.100. The second kappa shape index (κ2) is 12.7. The van der Waals surface area contributed by atoms with Crippen molar-refractivity contribution in [3.63, 3.8) is 0 Å². The normalized spacial score (nSPS) is 11.1. The first kappa shape index (κ1) is 28.6. The first-order chi connectivity index (χ1) is 20.4. The summed E-state index contributed by atoms with van der Waals surface area (Å²) in [6.45, 7) is 2.41. The Morgan fingerprint density at radius 1 is 1.12 bits per heavy atom. The number of methoxy groups -OCH3 is 1. The Hall–Kier alpha value is -4.97. The maximum Gasteiger partial charge on any atom is 0.252 e. The molecule has 0 saturated carbocycles. The van der Waals surface area contributed by atoms with Gasteiger partial charge in [0.1, 0.15) is 28.9 Å². The van der Waals surface area contributed by atoms with Crippen LogP contribution in [0.25, 0.3) is 22.4 Å². The minimum Gasteiger partial charge on any atom is -0.494 e. The number of aryl methyl sites for hydroxylation is 1. The van der Waals surface area contributed by atoms with Crippen LogP contribution in [-0.2, 0) is 17.7 Å². The molecule has 216 valence electrons. The summed E-state index contributed by atoms with van der Waals surface area (Å²) in [5.41, 5.74) is 7.90. The summed E-state index contributed by atoms with van der Waals surface area (Å²) in [6.07, 6.45) is 5.91. The van der Waals surface area contributed by atoms with Gasteiger partial charge in [-0.2, -0.15) is 5.10 Å². The first-order valence-corrected chi connectivity index (χ1v) is 13.3. The van der Waals surface area contributed by atoms with Crippen LogP contribution in [0.2, 0.25) is 0 Å². The minimum atomic E-state index is -0.731. The fourth-order valence-electron chi connectivity index (χ4n) is 4.59. The van der Waals surface area contributed by atoms with E-state index in [1.807, 2.05) is 24.3 Å². The molecular weight excluding hydrogens is 544 g/mol. The average molecular weight is 574 g/mol. The molecule has 0 bridgehead atoms. The molecule has 3 heterocycles. The summed E-state index contributed by atoms with van der Waals surface area (Å²) in [7, 11) is 1.63. The molecule has 0 unspecified atom stereocenters. The van der Waals surface area contributed by atoms with Crippen molar-refractivity contribution < 1.29 is 23.0 Å². The van der Waals surface area contributed by atoms with Crippen LogP contribution in [0.3, 0.4) is 0 Å². The number of nitrogens with two attached hydrogens (primary N) is 1. The number of nitrogens with zero attached hydrogens (tertiary/aromatic N) is 5. The van der Waals surface area contributed by atoms with Crippen molar-refractivity contribution in [2.24, 2.45) is 5.73 Å². The van der Waals surface area contributed by atoms with E-state index in [0.717, 1.165) is 17.7 Å². The van der Waals surface area contributed by atoms with Gasteiger partial charge in [-0.3, -0.25) is 14.5 Å². The van der Waals surface area contributed by atoms with Crippen molar-refractivity contribution >= 4 is 28.3 Å². The molecule has 0 fully saturated rings. The summed E-state index contributed by atoms with van der Waals surface area (Å²) < 4.78 is 41.8. The number of hydrogen-bond acceptors (Lipinski definition) is 8. The van der Waals surface area contributed by atoms with E-state index in [2.05, 4.69) is 15.3 Å². The molecule has 12 heteroatoms. The fraction of sp³-hybridized carbons (Fsp3) is 0.233. The van der Waals surface area contributed by atoms with Crippen molar-refractivity contribution in [2.75, 3.05) is 25.6 Å². The predicted octanol–water partition coefficient (Wildman–Crippen LogP) is 5.04. The summed E-state index contributed by atoms with van der Waals surface area (Å²) in [5, 5.41) is 8.59. The highest BCUT2D eigenvalue weighted by atomic mass is 19.1. The van der Waals surface area contributed by atoms with E-state index in [0.29, 0.717) is 54.2 Å². The molecule has 0 aliphatic rings. The van der Waals surface area contributed by atoms with Crippen LogP contribution in [-0.4, -0.2) is 51.0 Å². The SMILES string of the molecule is CCOc1cc(F)c(Cn2nc(-c3ncc(CCCOC)c(Nc4ccncc4C(N)=O)n3)c3ccccc32)c(F)c1. The van der Waals surface area contributed by atoms with E-state index in [1.54, 1.807) is 26.3 Å². The zero-order valence-electron chi connectivity index (χ0n) is 23.1. The standard InChI is InChI=1S/C30H29F2N7O3/c1-3-42-19-13-23(31)22(24(32)14-19)17-39-26-9-5-4-8-20(26)27(38-39)30-35-15-18(7-6-12-41-2)29(37-30)36-25-10-11-34-16-21(25)28(33)40/h4-5,8-11,13-16H,3,6-7,12,17H2,1-2H3,(H2,33,40)(H,34,35,36,37). The molecule has 0 aliphatic carbocycles. The fourth-order valence-corrected chi connectivity index (χ4v) is 4.59. The second-order valence-corrected chi connectivity index (χ2v) is 9.40. The van der Waals surface area contributed by atoms with Crippen molar-refractivity contribution in [3.8, 4) is 17.3 Å². The lowest BCUT2D eigenvalue weighted by atomic mass is 10.1. The third kappa shape index (κ3) is 6.03. The number of carbonyl (C=O) groups is 1. The van der Waals surface area contributed by atoms with E-state index in [4.69, 9.17) is 25.3 Å². The van der Waals surface area contributed by atoms with Crippen molar-refractivity contribution in [3.05, 3.63) is 89.4 Å². The summed E-state index contributed by atoms with van der Waals surface area (Å²) in [5.74, 6) is -1.25. The molecule has 5 rings (SSSR count). The molecule has 42 heavy (non-hydrogen) atoms. The Kier molecular flexibility index (Phi) is 8.63. The number of ether oxygens (including phenoxy) is 2. The highest BCUT2D eigenvalue weighted by Gasteiger charge is 2.20. The number of benzene rings is 2. The number of pyridine rings is 1. The maximum absolute atomic E-state index is 14.9. The largest absolute Gasteiger partial charge is 0.494 e. The molecule has 0 saturated heterocycles. The summed E-state index contributed by atoms with van der Waals surface area (Å²) >= 11 is 0. The smallest absolute Gasteiger partial charge is 0.252 e. The molecule has 10 nitrogen and oxygen atoms in total. The van der Waals surface area contributed by atoms with Crippen LogP contribution in [0.5, 0.6) is 5.75 Å². The third-order valence-corrected chi connectivity index (χ3v) is 6.60. The molecule has 3 aromatic heterocycles. The van der Waals surface area contributed by atoms with Gasteiger partial charge in [-0.15, -0.1) is 0 Å².